The van der Waals surface area contributed by atoms with Crippen molar-refractivity contribution in [3.05, 3.63) is 40.2 Å². The van der Waals surface area contributed by atoms with Crippen molar-refractivity contribution in [3.63, 3.8) is 0 Å². The Hall–Kier alpha value is -2.97. The van der Waals surface area contributed by atoms with Crippen molar-refractivity contribution in [1.29, 1.82) is 0 Å². The van der Waals surface area contributed by atoms with Crippen molar-refractivity contribution in [2.45, 2.75) is 6.61 Å². The molecule has 110 valence electrons. The van der Waals surface area contributed by atoms with Crippen LogP contribution in [0.4, 0.5) is 17.6 Å². The van der Waals surface area contributed by atoms with E-state index < -0.39 is 4.92 Å². The quantitative estimate of drug-likeness (QED) is 0.639. The zero-order chi connectivity index (χ0) is 15.4. The van der Waals surface area contributed by atoms with Gasteiger partial charge >= 0.3 is 5.69 Å². The van der Waals surface area contributed by atoms with Gasteiger partial charge < -0.3 is 15.4 Å². The molecule has 9 heteroatoms. The highest BCUT2D eigenvalue weighted by Gasteiger charge is 2.14. The van der Waals surface area contributed by atoms with Gasteiger partial charge in [0.25, 0.3) is 0 Å². The second kappa shape index (κ2) is 5.99. The number of aromatic nitrogens is 3. The summed E-state index contributed by atoms with van der Waals surface area (Å²) in [4.78, 5) is 24.1. The summed E-state index contributed by atoms with van der Waals surface area (Å²) in [5.74, 6) is 0.899. The van der Waals surface area contributed by atoms with Crippen LogP contribution in [0, 0.1) is 10.1 Å². The van der Waals surface area contributed by atoms with Crippen molar-refractivity contribution in [2.75, 3.05) is 24.7 Å². The lowest BCUT2D eigenvalue weighted by Crippen LogP contribution is -2.17. The summed E-state index contributed by atoms with van der Waals surface area (Å²) in [6, 6.07) is 6.09. The molecular formula is C12H14N6O3. The summed E-state index contributed by atoms with van der Waals surface area (Å²) >= 11 is 0. The van der Waals surface area contributed by atoms with Crippen LogP contribution in [0.2, 0.25) is 0 Å². The van der Waals surface area contributed by atoms with Crippen molar-refractivity contribution in [3.8, 4) is 5.75 Å². The van der Waals surface area contributed by atoms with E-state index in [1.165, 1.54) is 12.1 Å². The molecule has 1 aromatic carbocycles. The van der Waals surface area contributed by atoms with Gasteiger partial charge in [0.1, 0.15) is 6.61 Å². The number of nitrogen functional groups attached to an aromatic ring is 1. The van der Waals surface area contributed by atoms with E-state index in [1.807, 2.05) is 0 Å². The normalized spacial score (nSPS) is 10.2. The second-order valence-electron chi connectivity index (χ2n) is 4.32. The first kappa shape index (κ1) is 14.4. The maximum atomic E-state index is 10.9. The number of nitro benzene ring substituents is 1. The number of rotatable bonds is 5. The molecule has 0 fully saturated rings. The fourth-order valence-corrected chi connectivity index (χ4v) is 1.56. The maximum Gasteiger partial charge on any atom is 0.310 e. The molecule has 9 nitrogen and oxygen atoms in total. The van der Waals surface area contributed by atoms with Gasteiger partial charge in [-0.25, -0.2) is 0 Å². The molecule has 0 bridgehead atoms. The van der Waals surface area contributed by atoms with E-state index in [9.17, 15) is 10.1 Å². The molecule has 0 unspecified atom stereocenters. The summed E-state index contributed by atoms with van der Waals surface area (Å²) in [6.07, 6.45) is 0. The topological polar surface area (TPSA) is 120 Å². The summed E-state index contributed by atoms with van der Waals surface area (Å²) in [7, 11) is 3.53. The van der Waals surface area contributed by atoms with Crippen LogP contribution in [0.5, 0.6) is 5.75 Å². The number of hydrogen-bond acceptors (Lipinski definition) is 8. The third-order valence-electron chi connectivity index (χ3n) is 2.51. The van der Waals surface area contributed by atoms with Gasteiger partial charge in [0.15, 0.2) is 11.6 Å². The number of nitrogens with two attached hydrogens (primary N) is 1. The highest BCUT2D eigenvalue weighted by Crippen LogP contribution is 2.26. The van der Waals surface area contributed by atoms with Gasteiger partial charge in [-0.05, 0) is 6.07 Å². The predicted molar refractivity (Wildman–Crippen MR) is 76.0 cm³/mol. The Labute approximate surface area is 120 Å². The van der Waals surface area contributed by atoms with E-state index in [1.54, 1.807) is 31.1 Å². The van der Waals surface area contributed by atoms with E-state index in [2.05, 4.69) is 15.0 Å². The zero-order valence-corrected chi connectivity index (χ0v) is 11.6. The van der Waals surface area contributed by atoms with Gasteiger partial charge in [-0.1, -0.05) is 12.1 Å². The van der Waals surface area contributed by atoms with Crippen LogP contribution in [0.3, 0.4) is 0 Å². The number of hydrogen-bond donors (Lipinski definition) is 1. The average molecular weight is 290 g/mol. The van der Waals surface area contributed by atoms with E-state index >= 15 is 0 Å². The van der Waals surface area contributed by atoms with Crippen LogP contribution in [0.1, 0.15) is 5.82 Å². The maximum absolute atomic E-state index is 10.9. The van der Waals surface area contributed by atoms with Crippen LogP contribution in [-0.4, -0.2) is 34.0 Å². The lowest BCUT2D eigenvalue weighted by atomic mass is 10.3. The molecule has 0 aliphatic rings. The van der Waals surface area contributed by atoms with Gasteiger partial charge in [0.05, 0.1) is 4.92 Å². The highest BCUT2D eigenvalue weighted by molar-refractivity contribution is 5.45. The molecule has 1 heterocycles. The first-order chi connectivity index (χ1) is 9.97. The minimum atomic E-state index is -0.512. The molecule has 2 rings (SSSR count). The largest absolute Gasteiger partial charge is 0.479 e. The van der Waals surface area contributed by atoms with Crippen LogP contribution >= 0.6 is 0 Å². The SMILES string of the molecule is CN(C)c1nc(N)nc(COc2ccccc2[N+](=O)[O-])n1. The summed E-state index contributed by atoms with van der Waals surface area (Å²) in [5.41, 5.74) is 5.47. The molecule has 21 heavy (non-hydrogen) atoms. The molecule has 0 radical (unpaired) electrons. The molecule has 0 amide bonds. The Balaban J connectivity index is 2.19. The number of para-hydroxylation sites is 2. The van der Waals surface area contributed by atoms with Crippen LogP contribution in [-0.2, 0) is 6.61 Å². The third kappa shape index (κ3) is 3.53. The summed E-state index contributed by atoms with van der Waals surface area (Å²) in [6.45, 7) is -0.0432. The van der Waals surface area contributed by atoms with Gasteiger partial charge in [0, 0.05) is 20.2 Å². The molecule has 1 aromatic heterocycles. The molecule has 0 saturated heterocycles. The molecule has 2 N–H and O–H groups in total. The Morgan fingerprint density at radius 3 is 2.67 bits per heavy atom. The first-order valence-electron chi connectivity index (χ1n) is 6.01. The standard InChI is InChI=1S/C12H14N6O3/c1-17(2)12-15-10(14-11(13)16-12)7-21-9-6-4-3-5-8(9)18(19)20/h3-6H,7H2,1-2H3,(H2,13,14,15,16). The number of ether oxygens (including phenoxy) is 1. The molecule has 0 aliphatic carbocycles. The van der Waals surface area contributed by atoms with E-state index in [-0.39, 0.29) is 24.0 Å². The Morgan fingerprint density at radius 2 is 2.00 bits per heavy atom. The number of nitrogens with zero attached hydrogens (tertiary/aromatic N) is 5. The fourth-order valence-electron chi connectivity index (χ4n) is 1.56. The van der Waals surface area contributed by atoms with Crippen molar-refractivity contribution >= 4 is 17.6 Å². The molecule has 0 aliphatic heterocycles. The minimum Gasteiger partial charge on any atom is -0.479 e. The zero-order valence-electron chi connectivity index (χ0n) is 11.6. The summed E-state index contributed by atoms with van der Waals surface area (Å²) < 4.78 is 5.41. The van der Waals surface area contributed by atoms with Gasteiger partial charge in [-0.15, -0.1) is 0 Å². The lowest BCUT2D eigenvalue weighted by molar-refractivity contribution is -0.385. The fraction of sp³-hybridized carbons (Fsp3) is 0.250. The average Bonchev–Trinajstić information content (AvgIpc) is 2.44. The Bertz CT molecular complexity index is 661. The van der Waals surface area contributed by atoms with Crippen molar-refractivity contribution < 1.29 is 9.66 Å². The van der Waals surface area contributed by atoms with E-state index in [0.717, 1.165) is 0 Å². The number of nitro groups is 1. The van der Waals surface area contributed by atoms with E-state index in [4.69, 9.17) is 10.5 Å². The predicted octanol–water partition coefficient (Wildman–Crippen LogP) is 1.01. The minimum absolute atomic E-state index is 0.0432. The lowest BCUT2D eigenvalue weighted by Gasteiger charge is -2.11. The Morgan fingerprint density at radius 1 is 1.29 bits per heavy atom. The smallest absolute Gasteiger partial charge is 0.310 e. The second-order valence-corrected chi connectivity index (χ2v) is 4.32. The first-order valence-corrected chi connectivity index (χ1v) is 6.01. The van der Waals surface area contributed by atoms with Crippen LogP contribution in [0.15, 0.2) is 24.3 Å². The molecule has 0 spiro atoms. The van der Waals surface area contributed by atoms with E-state index in [0.29, 0.717) is 11.8 Å². The van der Waals surface area contributed by atoms with Gasteiger partial charge in [-0.3, -0.25) is 10.1 Å². The molecule has 0 atom stereocenters. The molecular weight excluding hydrogens is 276 g/mol. The van der Waals surface area contributed by atoms with Gasteiger partial charge in [-0.2, -0.15) is 15.0 Å². The van der Waals surface area contributed by atoms with Crippen LogP contribution in [0.25, 0.3) is 0 Å². The Kier molecular flexibility index (Phi) is 4.12. The molecule has 2 aromatic rings. The van der Waals surface area contributed by atoms with Crippen molar-refractivity contribution in [2.24, 2.45) is 0 Å². The third-order valence-corrected chi connectivity index (χ3v) is 2.51. The van der Waals surface area contributed by atoms with Crippen molar-refractivity contribution in [1.82, 2.24) is 15.0 Å². The number of benzene rings is 1. The monoisotopic (exact) mass is 290 g/mol. The summed E-state index contributed by atoms with van der Waals surface area (Å²) in [5, 5.41) is 10.9. The molecule has 0 saturated carbocycles. The highest BCUT2D eigenvalue weighted by atomic mass is 16.6. The van der Waals surface area contributed by atoms with Gasteiger partial charge in [0.2, 0.25) is 11.9 Å². The van der Waals surface area contributed by atoms with Crippen LogP contribution < -0.4 is 15.4 Å². The number of anilines is 2.